The van der Waals surface area contributed by atoms with Crippen molar-refractivity contribution >= 4 is 44.1 Å². The molecule has 0 bridgehead atoms. The normalized spacial score (nSPS) is 10.2. The number of halogens is 1. The van der Waals surface area contributed by atoms with E-state index in [0.717, 1.165) is 10.2 Å². The smallest absolute Gasteiger partial charge is 0.350 e. The van der Waals surface area contributed by atoms with Gasteiger partial charge in [0.25, 0.3) is 0 Å². The number of thiazole rings is 1. The Balaban J connectivity index is 2.26. The minimum Gasteiger partial charge on any atom is -0.465 e. The number of aromatic nitrogens is 1. The van der Waals surface area contributed by atoms with E-state index in [1.807, 2.05) is 24.3 Å². The molecule has 0 aliphatic heterocycles. The van der Waals surface area contributed by atoms with Gasteiger partial charge in [0.15, 0.2) is 5.13 Å². The van der Waals surface area contributed by atoms with E-state index in [-0.39, 0.29) is 5.97 Å². The summed E-state index contributed by atoms with van der Waals surface area (Å²) in [5.41, 5.74) is 1.57. The number of hydrogen-bond donors (Lipinski definition) is 1. The van der Waals surface area contributed by atoms with Gasteiger partial charge in [-0.2, -0.15) is 0 Å². The quantitative estimate of drug-likeness (QED) is 0.873. The van der Waals surface area contributed by atoms with E-state index in [9.17, 15) is 4.79 Å². The Morgan fingerprint density at radius 1 is 1.44 bits per heavy atom. The summed E-state index contributed by atoms with van der Waals surface area (Å²) >= 11 is 4.72. The highest BCUT2D eigenvalue weighted by Crippen LogP contribution is 2.29. The number of nitrogens with zero attached hydrogens (tertiary/aromatic N) is 1. The van der Waals surface area contributed by atoms with Crippen LogP contribution >= 0.6 is 27.3 Å². The van der Waals surface area contributed by atoms with Gasteiger partial charge in [0, 0.05) is 4.47 Å². The molecule has 0 atom stereocenters. The van der Waals surface area contributed by atoms with E-state index >= 15 is 0 Å². The van der Waals surface area contributed by atoms with Gasteiger partial charge in [-0.15, -0.1) is 0 Å². The van der Waals surface area contributed by atoms with Crippen LogP contribution in [0.3, 0.4) is 0 Å². The van der Waals surface area contributed by atoms with Crippen molar-refractivity contribution in [2.24, 2.45) is 0 Å². The molecule has 0 fully saturated rings. The van der Waals surface area contributed by atoms with Crippen LogP contribution in [0.2, 0.25) is 0 Å². The maximum absolute atomic E-state index is 11.5. The summed E-state index contributed by atoms with van der Waals surface area (Å²) in [6.07, 6.45) is 0. The summed E-state index contributed by atoms with van der Waals surface area (Å²) in [6.45, 7) is 1.79. The maximum atomic E-state index is 11.5. The van der Waals surface area contributed by atoms with Crippen LogP contribution in [0, 0.1) is 6.92 Å². The Kier molecular flexibility index (Phi) is 3.98. The lowest BCUT2D eigenvalue weighted by molar-refractivity contribution is 0.0605. The van der Waals surface area contributed by atoms with Crippen molar-refractivity contribution in [3.63, 3.8) is 0 Å². The largest absolute Gasteiger partial charge is 0.465 e. The molecule has 6 heteroatoms. The van der Waals surface area contributed by atoms with Crippen molar-refractivity contribution in [2.75, 3.05) is 12.4 Å². The zero-order valence-corrected chi connectivity index (χ0v) is 12.3. The molecule has 2 rings (SSSR count). The molecule has 1 aromatic heterocycles. The van der Waals surface area contributed by atoms with Gasteiger partial charge in [0.1, 0.15) is 4.88 Å². The van der Waals surface area contributed by atoms with Crippen LogP contribution in [-0.4, -0.2) is 18.1 Å². The molecule has 0 saturated carbocycles. The van der Waals surface area contributed by atoms with E-state index in [4.69, 9.17) is 4.74 Å². The maximum Gasteiger partial charge on any atom is 0.350 e. The molecule has 4 nitrogen and oxygen atoms in total. The van der Waals surface area contributed by atoms with Crippen molar-refractivity contribution in [3.8, 4) is 0 Å². The molecule has 2 aromatic rings. The van der Waals surface area contributed by atoms with Gasteiger partial charge >= 0.3 is 5.97 Å². The van der Waals surface area contributed by atoms with Gasteiger partial charge in [-0.3, -0.25) is 0 Å². The molecule has 1 aromatic carbocycles. The molecule has 0 saturated heterocycles. The van der Waals surface area contributed by atoms with E-state index in [1.54, 1.807) is 6.92 Å². The third-order valence-electron chi connectivity index (χ3n) is 2.28. The van der Waals surface area contributed by atoms with Crippen molar-refractivity contribution in [2.45, 2.75) is 6.92 Å². The Bertz CT molecular complexity index is 583. The highest BCUT2D eigenvalue weighted by molar-refractivity contribution is 9.10. The Morgan fingerprint density at radius 2 is 2.17 bits per heavy atom. The molecule has 0 amide bonds. The molecule has 1 N–H and O–H groups in total. The lowest BCUT2D eigenvalue weighted by atomic mass is 10.3. The monoisotopic (exact) mass is 326 g/mol. The summed E-state index contributed by atoms with van der Waals surface area (Å²) in [4.78, 5) is 16.3. The molecule has 94 valence electrons. The number of rotatable bonds is 3. The number of nitrogens with one attached hydrogen (secondary N) is 1. The summed E-state index contributed by atoms with van der Waals surface area (Å²) in [5.74, 6) is -0.356. The zero-order valence-electron chi connectivity index (χ0n) is 9.86. The summed E-state index contributed by atoms with van der Waals surface area (Å²) in [6, 6.07) is 7.72. The predicted molar refractivity (Wildman–Crippen MR) is 75.6 cm³/mol. The standard InChI is InChI=1S/C12H11BrN2O2S/c1-7-10(11(16)17-2)18-12(14-7)15-9-6-4-3-5-8(9)13/h3-6H,1-2H3,(H,14,15). The molecular weight excluding hydrogens is 316 g/mol. The zero-order chi connectivity index (χ0) is 13.1. The van der Waals surface area contributed by atoms with E-state index in [2.05, 4.69) is 26.2 Å². The average molecular weight is 327 g/mol. The fourth-order valence-corrected chi connectivity index (χ4v) is 2.69. The number of carbonyl (C=O) groups is 1. The topological polar surface area (TPSA) is 51.2 Å². The first-order valence-corrected chi connectivity index (χ1v) is 6.80. The average Bonchev–Trinajstić information content (AvgIpc) is 2.72. The molecule has 0 spiro atoms. The highest BCUT2D eigenvalue weighted by Gasteiger charge is 2.15. The number of anilines is 2. The van der Waals surface area contributed by atoms with Crippen molar-refractivity contribution < 1.29 is 9.53 Å². The Labute approximate surface area is 117 Å². The second-order valence-electron chi connectivity index (χ2n) is 3.53. The molecule has 0 aliphatic rings. The minimum atomic E-state index is -0.356. The number of methoxy groups -OCH3 is 1. The first kappa shape index (κ1) is 13.0. The van der Waals surface area contributed by atoms with Crippen LogP contribution in [0.1, 0.15) is 15.4 Å². The van der Waals surface area contributed by atoms with E-state index in [1.165, 1.54) is 18.4 Å². The van der Waals surface area contributed by atoms with Crippen LogP contribution in [0.4, 0.5) is 10.8 Å². The van der Waals surface area contributed by atoms with Crippen LogP contribution in [0.25, 0.3) is 0 Å². The fraction of sp³-hybridized carbons (Fsp3) is 0.167. The number of esters is 1. The third-order valence-corrected chi connectivity index (χ3v) is 4.03. The summed E-state index contributed by atoms with van der Waals surface area (Å²) in [7, 11) is 1.36. The molecule has 0 radical (unpaired) electrons. The van der Waals surface area contributed by atoms with Crippen LogP contribution in [0.5, 0.6) is 0 Å². The van der Waals surface area contributed by atoms with Gasteiger partial charge in [-0.05, 0) is 35.0 Å². The van der Waals surface area contributed by atoms with Gasteiger partial charge in [0.05, 0.1) is 18.5 Å². The van der Waals surface area contributed by atoms with Gasteiger partial charge in [-0.1, -0.05) is 23.5 Å². The lowest BCUT2D eigenvalue weighted by Gasteiger charge is -2.03. The number of ether oxygens (including phenoxy) is 1. The minimum absolute atomic E-state index is 0.356. The Morgan fingerprint density at radius 3 is 2.83 bits per heavy atom. The molecule has 0 aliphatic carbocycles. The molecule has 0 unspecified atom stereocenters. The lowest BCUT2D eigenvalue weighted by Crippen LogP contribution is -1.99. The second-order valence-corrected chi connectivity index (χ2v) is 5.38. The highest BCUT2D eigenvalue weighted by atomic mass is 79.9. The van der Waals surface area contributed by atoms with E-state index in [0.29, 0.717) is 15.7 Å². The first-order valence-electron chi connectivity index (χ1n) is 5.19. The van der Waals surface area contributed by atoms with Crippen LogP contribution < -0.4 is 5.32 Å². The van der Waals surface area contributed by atoms with Crippen LogP contribution in [-0.2, 0) is 4.74 Å². The predicted octanol–water partition coefficient (Wildman–Crippen LogP) is 3.74. The van der Waals surface area contributed by atoms with Crippen molar-refractivity contribution in [3.05, 3.63) is 39.3 Å². The summed E-state index contributed by atoms with van der Waals surface area (Å²) < 4.78 is 5.64. The van der Waals surface area contributed by atoms with Crippen molar-refractivity contribution in [1.29, 1.82) is 0 Å². The number of aryl methyl sites for hydroxylation is 1. The summed E-state index contributed by atoms with van der Waals surface area (Å²) in [5, 5.41) is 3.83. The van der Waals surface area contributed by atoms with Crippen molar-refractivity contribution in [1.82, 2.24) is 4.98 Å². The van der Waals surface area contributed by atoms with Gasteiger partial charge in [-0.25, -0.2) is 9.78 Å². The van der Waals surface area contributed by atoms with Gasteiger partial charge in [0.2, 0.25) is 0 Å². The number of benzene rings is 1. The first-order chi connectivity index (χ1) is 8.61. The molecular formula is C12H11BrN2O2S. The van der Waals surface area contributed by atoms with Crippen LogP contribution in [0.15, 0.2) is 28.7 Å². The Hall–Kier alpha value is -1.40. The van der Waals surface area contributed by atoms with E-state index < -0.39 is 0 Å². The SMILES string of the molecule is COC(=O)c1sc(Nc2ccccc2Br)nc1C. The molecule has 18 heavy (non-hydrogen) atoms. The van der Waals surface area contributed by atoms with Gasteiger partial charge < -0.3 is 10.1 Å². The molecule has 1 heterocycles. The fourth-order valence-electron chi connectivity index (χ4n) is 1.41. The number of carbonyl (C=O) groups excluding carboxylic acids is 1. The number of hydrogen-bond acceptors (Lipinski definition) is 5. The number of para-hydroxylation sites is 1. The second kappa shape index (κ2) is 5.49. The third kappa shape index (κ3) is 2.70.